The van der Waals surface area contributed by atoms with Crippen molar-refractivity contribution in [1.29, 1.82) is 0 Å². The summed E-state index contributed by atoms with van der Waals surface area (Å²) in [5.74, 6) is -5.26. The van der Waals surface area contributed by atoms with Gasteiger partial charge < -0.3 is 5.32 Å². The highest BCUT2D eigenvalue weighted by molar-refractivity contribution is 6.09. The molecule has 0 spiro atoms. The number of amides is 1. The Kier molecular flexibility index (Phi) is 1.64. The van der Waals surface area contributed by atoms with Gasteiger partial charge >= 0.3 is 0 Å². The minimum absolute atomic E-state index is 0.0357. The van der Waals surface area contributed by atoms with Gasteiger partial charge in [-0.3, -0.25) is 4.79 Å². The first kappa shape index (κ1) is 8.80. The van der Waals surface area contributed by atoms with Crippen LogP contribution >= 0.6 is 0 Å². The summed E-state index contributed by atoms with van der Waals surface area (Å²) in [5, 5.41) is 2.17. The number of carbonyl (C=O) groups is 1. The average Bonchev–Trinajstić information content (AvgIpc) is 2.38. The van der Waals surface area contributed by atoms with E-state index in [0.717, 1.165) is 6.07 Å². The van der Waals surface area contributed by atoms with E-state index in [2.05, 4.69) is 11.9 Å². The van der Waals surface area contributed by atoms with E-state index in [4.69, 9.17) is 0 Å². The van der Waals surface area contributed by atoms with E-state index in [-0.39, 0.29) is 11.3 Å². The van der Waals surface area contributed by atoms with Crippen molar-refractivity contribution in [2.24, 2.45) is 0 Å². The summed E-state index contributed by atoms with van der Waals surface area (Å²) in [5.41, 5.74) is -0.455. The Hall–Kier alpha value is -1.78. The van der Waals surface area contributed by atoms with Crippen molar-refractivity contribution < 1.29 is 18.0 Å². The molecule has 0 unspecified atom stereocenters. The van der Waals surface area contributed by atoms with E-state index in [1.54, 1.807) is 0 Å². The van der Waals surface area contributed by atoms with Gasteiger partial charge in [0.25, 0.3) is 5.91 Å². The molecule has 1 aliphatic heterocycles. The van der Waals surface area contributed by atoms with Crippen molar-refractivity contribution in [3.05, 3.63) is 41.2 Å². The molecule has 0 saturated carbocycles. The molecule has 0 fully saturated rings. The molecule has 0 atom stereocenters. The predicted molar refractivity (Wildman–Crippen MR) is 42.8 cm³/mol. The van der Waals surface area contributed by atoms with Crippen LogP contribution in [-0.2, 0) is 0 Å². The highest BCUT2D eigenvalue weighted by atomic mass is 19.2. The molecule has 0 aromatic heterocycles. The number of nitrogens with one attached hydrogen (secondary N) is 1. The van der Waals surface area contributed by atoms with Crippen LogP contribution in [0.5, 0.6) is 0 Å². The van der Waals surface area contributed by atoms with Gasteiger partial charge in [-0.2, -0.15) is 0 Å². The van der Waals surface area contributed by atoms with Crippen LogP contribution in [0.4, 0.5) is 13.2 Å². The Morgan fingerprint density at radius 2 is 1.86 bits per heavy atom. The van der Waals surface area contributed by atoms with Crippen molar-refractivity contribution in [1.82, 2.24) is 5.32 Å². The van der Waals surface area contributed by atoms with Gasteiger partial charge in [-0.05, 0) is 6.07 Å². The SMILES string of the molecule is C=C1NC(=O)c2c1cc(F)c(F)c2F. The molecule has 2 rings (SSSR count). The maximum absolute atomic E-state index is 13.1. The van der Waals surface area contributed by atoms with E-state index < -0.39 is 28.9 Å². The van der Waals surface area contributed by atoms with Crippen LogP contribution in [0.3, 0.4) is 0 Å². The van der Waals surface area contributed by atoms with Crippen molar-refractivity contribution in [3.8, 4) is 0 Å². The van der Waals surface area contributed by atoms with E-state index in [1.807, 2.05) is 0 Å². The smallest absolute Gasteiger partial charge is 0.259 e. The fourth-order valence-corrected chi connectivity index (χ4v) is 1.32. The van der Waals surface area contributed by atoms with E-state index >= 15 is 0 Å². The van der Waals surface area contributed by atoms with Gasteiger partial charge in [-0.25, -0.2) is 13.2 Å². The van der Waals surface area contributed by atoms with Crippen molar-refractivity contribution in [2.45, 2.75) is 0 Å². The van der Waals surface area contributed by atoms with Crippen molar-refractivity contribution >= 4 is 11.6 Å². The van der Waals surface area contributed by atoms with Gasteiger partial charge in [0.05, 0.1) is 5.56 Å². The summed E-state index contributed by atoms with van der Waals surface area (Å²) in [4.78, 5) is 11.1. The molecule has 72 valence electrons. The lowest BCUT2D eigenvalue weighted by atomic mass is 10.1. The van der Waals surface area contributed by atoms with Crippen LogP contribution in [0.15, 0.2) is 12.6 Å². The Morgan fingerprint density at radius 3 is 2.50 bits per heavy atom. The summed E-state index contributed by atoms with van der Waals surface area (Å²) in [6, 6.07) is 0.744. The molecule has 1 aliphatic rings. The molecule has 14 heavy (non-hydrogen) atoms. The third kappa shape index (κ3) is 0.951. The Balaban J connectivity index is 2.82. The van der Waals surface area contributed by atoms with E-state index in [0.29, 0.717) is 0 Å². The number of halogens is 3. The number of hydrogen-bond donors (Lipinski definition) is 1. The van der Waals surface area contributed by atoms with Crippen LogP contribution < -0.4 is 5.32 Å². The zero-order valence-electron chi connectivity index (χ0n) is 6.83. The topological polar surface area (TPSA) is 29.1 Å². The lowest BCUT2D eigenvalue weighted by Crippen LogP contribution is -2.13. The first-order chi connectivity index (χ1) is 6.52. The summed E-state index contributed by atoms with van der Waals surface area (Å²) in [6.07, 6.45) is 0. The highest BCUT2D eigenvalue weighted by Gasteiger charge is 2.30. The summed E-state index contributed by atoms with van der Waals surface area (Å²) in [6.45, 7) is 3.37. The quantitative estimate of drug-likeness (QED) is 0.634. The zero-order valence-corrected chi connectivity index (χ0v) is 6.83. The third-order valence-electron chi connectivity index (χ3n) is 1.98. The largest absolute Gasteiger partial charge is 0.322 e. The molecule has 1 heterocycles. The number of benzene rings is 1. The lowest BCUT2D eigenvalue weighted by Gasteiger charge is -2.00. The lowest BCUT2D eigenvalue weighted by molar-refractivity contribution is 0.0976. The van der Waals surface area contributed by atoms with Crippen molar-refractivity contribution in [2.75, 3.05) is 0 Å². The molecule has 0 radical (unpaired) electrons. The number of hydrogen-bond acceptors (Lipinski definition) is 1. The molecule has 0 bridgehead atoms. The van der Waals surface area contributed by atoms with Gasteiger partial charge in [0.2, 0.25) is 0 Å². The Morgan fingerprint density at radius 1 is 1.21 bits per heavy atom. The number of fused-ring (bicyclic) bond motifs is 1. The Bertz CT molecular complexity index is 468. The fraction of sp³-hybridized carbons (Fsp3) is 0. The number of rotatable bonds is 0. The normalized spacial score (nSPS) is 14.2. The molecule has 1 aromatic rings. The van der Waals surface area contributed by atoms with Gasteiger partial charge in [-0.1, -0.05) is 6.58 Å². The second-order valence-electron chi connectivity index (χ2n) is 2.84. The first-order valence-corrected chi connectivity index (χ1v) is 3.70. The number of carbonyl (C=O) groups excluding carboxylic acids is 1. The second-order valence-corrected chi connectivity index (χ2v) is 2.84. The second kappa shape index (κ2) is 2.60. The van der Waals surface area contributed by atoms with Crippen molar-refractivity contribution in [3.63, 3.8) is 0 Å². The predicted octanol–water partition coefficient (Wildman–Crippen LogP) is 1.82. The molecule has 5 heteroatoms. The molecule has 1 N–H and O–H groups in total. The maximum atomic E-state index is 13.1. The fourth-order valence-electron chi connectivity index (χ4n) is 1.32. The van der Waals surface area contributed by atoms with Crippen LogP contribution in [0, 0.1) is 17.5 Å². The third-order valence-corrected chi connectivity index (χ3v) is 1.98. The first-order valence-electron chi connectivity index (χ1n) is 3.70. The molecule has 0 aliphatic carbocycles. The highest BCUT2D eigenvalue weighted by Crippen LogP contribution is 2.28. The van der Waals surface area contributed by atoms with E-state index in [9.17, 15) is 18.0 Å². The minimum Gasteiger partial charge on any atom is -0.322 e. The molecular weight excluding hydrogens is 195 g/mol. The van der Waals surface area contributed by atoms with Gasteiger partial charge in [0, 0.05) is 11.3 Å². The van der Waals surface area contributed by atoms with Crippen LogP contribution in [0.25, 0.3) is 5.70 Å². The molecule has 1 amide bonds. The summed E-state index contributed by atoms with van der Waals surface area (Å²) in [7, 11) is 0. The van der Waals surface area contributed by atoms with Gasteiger partial charge in [0.1, 0.15) is 0 Å². The molecule has 1 aromatic carbocycles. The van der Waals surface area contributed by atoms with Crippen LogP contribution in [-0.4, -0.2) is 5.91 Å². The van der Waals surface area contributed by atoms with Gasteiger partial charge in [-0.15, -0.1) is 0 Å². The molecule has 0 saturated heterocycles. The standard InChI is InChI=1S/C9H4F3NO/c1-3-4-2-5(10)7(11)8(12)6(4)9(14)13-3/h2H,1H2,(H,13,14). The zero-order chi connectivity index (χ0) is 10.5. The van der Waals surface area contributed by atoms with Crippen LogP contribution in [0.1, 0.15) is 15.9 Å². The van der Waals surface area contributed by atoms with E-state index in [1.165, 1.54) is 0 Å². The Labute approximate surface area is 77.0 Å². The summed E-state index contributed by atoms with van der Waals surface area (Å²) < 4.78 is 38.5. The monoisotopic (exact) mass is 199 g/mol. The maximum Gasteiger partial charge on any atom is 0.259 e. The van der Waals surface area contributed by atoms with Gasteiger partial charge in [0.15, 0.2) is 17.5 Å². The summed E-state index contributed by atoms with van der Waals surface area (Å²) >= 11 is 0. The van der Waals surface area contributed by atoms with Crippen LogP contribution in [0.2, 0.25) is 0 Å². The molecule has 2 nitrogen and oxygen atoms in total. The molecular formula is C9H4F3NO. The average molecular weight is 199 g/mol. The minimum atomic E-state index is -1.64.